The first-order valence-corrected chi connectivity index (χ1v) is 6.46. The van der Waals surface area contributed by atoms with Crippen LogP contribution < -0.4 is 0 Å². The third-order valence-electron chi connectivity index (χ3n) is 3.00. The van der Waals surface area contributed by atoms with E-state index in [0.29, 0.717) is 12.6 Å². The van der Waals surface area contributed by atoms with Gasteiger partial charge in [-0.3, -0.25) is 9.83 Å². The molecule has 1 unspecified atom stereocenters. The van der Waals surface area contributed by atoms with E-state index in [9.17, 15) is 5.11 Å². The van der Waals surface area contributed by atoms with Crippen LogP contribution in [-0.4, -0.2) is 42.3 Å². The van der Waals surface area contributed by atoms with Gasteiger partial charge in [0.2, 0.25) is 0 Å². The standard InChI is InChI=1S/C13H24N2O2/c1-4-12-9-7-6-8-11(10-14-12)13(16)15(3)17-5-2/h8,10,12-13,16H,4-7,9H2,1-3H3/t12-,13?/m1/s1. The van der Waals surface area contributed by atoms with Crippen molar-refractivity contribution in [1.82, 2.24) is 5.06 Å². The molecule has 1 heterocycles. The highest BCUT2D eigenvalue weighted by atomic mass is 16.7. The van der Waals surface area contributed by atoms with Gasteiger partial charge in [-0.2, -0.15) is 5.06 Å². The lowest BCUT2D eigenvalue weighted by atomic mass is 10.0. The van der Waals surface area contributed by atoms with Crippen LogP contribution in [0.1, 0.15) is 39.5 Å². The Morgan fingerprint density at radius 3 is 3.00 bits per heavy atom. The molecule has 0 fully saturated rings. The molecule has 0 bridgehead atoms. The summed E-state index contributed by atoms with van der Waals surface area (Å²) in [5.41, 5.74) is 0.833. The maximum atomic E-state index is 10.1. The molecular weight excluding hydrogens is 216 g/mol. The average Bonchev–Trinajstić information content (AvgIpc) is 2.29. The first-order chi connectivity index (χ1) is 8.19. The lowest BCUT2D eigenvalue weighted by molar-refractivity contribution is -0.204. The topological polar surface area (TPSA) is 45.1 Å². The van der Waals surface area contributed by atoms with E-state index in [1.165, 1.54) is 5.06 Å². The summed E-state index contributed by atoms with van der Waals surface area (Å²) in [6, 6.07) is 0.392. The van der Waals surface area contributed by atoms with Crippen molar-refractivity contribution in [2.24, 2.45) is 4.99 Å². The summed E-state index contributed by atoms with van der Waals surface area (Å²) in [5.74, 6) is 0. The molecular formula is C13H24N2O2. The second kappa shape index (κ2) is 7.58. The van der Waals surface area contributed by atoms with Crippen molar-refractivity contribution in [2.75, 3.05) is 13.7 Å². The van der Waals surface area contributed by atoms with Gasteiger partial charge >= 0.3 is 0 Å². The van der Waals surface area contributed by atoms with Gasteiger partial charge < -0.3 is 5.11 Å². The van der Waals surface area contributed by atoms with Crippen molar-refractivity contribution in [3.8, 4) is 0 Å². The van der Waals surface area contributed by atoms with E-state index >= 15 is 0 Å². The van der Waals surface area contributed by atoms with Crippen LogP contribution in [0.25, 0.3) is 0 Å². The smallest absolute Gasteiger partial charge is 0.156 e. The van der Waals surface area contributed by atoms with Crippen LogP contribution in [0.15, 0.2) is 16.6 Å². The van der Waals surface area contributed by atoms with Crippen molar-refractivity contribution in [2.45, 2.75) is 51.8 Å². The van der Waals surface area contributed by atoms with E-state index in [0.717, 1.165) is 31.3 Å². The Kier molecular flexibility index (Phi) is 6.40. The van der Waals surface area contributed by atoms with Crippen LogP contribution in [0.4, 0.5) is 0 Å². The first-order valence-electron chi connectivity index (χ1n) is 6.46. The highest BCUT2D eigenvalue weighted by Gasteiger charge is 2.16. The number of aliphatic hydroxyl groups is 1. The Hall–Kier alpha value is -0.710. The number of hydrogen-bond acceptors (Lipinski definition) is 4. The molecule has 0 radical (unpaired) electrons. The average molecular weight is 240 g/mol. The Morgan fingerprint density at radius 1 is 1.59 bits per heavy atom. The SMILES string of the molecule is CCON(C)C(O)C1=CCCC[C@@H](CC)N=C1. The lowest BCUT2D eigenvalue weighted by Gasteiger charge is -2.24. The molecule has 4 nitrogen and oxygen atoms in total. The Balaban J connectivity index is 2.67. The fourth-order valence-corrected chi connectivity index (χ4v) is 1.91. The van der Waals surface area contributed by atoms with Crippen molar-refractivity contribution >= 4 is 6.21 Å². The van der Waals surface area contributed by atoms with Gasteiger partial charge in [-0.05, 0) is 32.6 Å². The van der Waals surface area contributed by atoms with Crippen molar-refractivity contribution in [3.63, 3.8) is 0 Å². The van der Waals surface area contributed by atoms with Gasteiger partial charge in [0, 0.05) is 24.9 Å². The number of hydrogen-bond donors (Lipinski definition) is 1. The zero-order valence-electron chi connectivity index (χ0n) is 11.1. The number of hydroxylamine groups is 2. The van der Waals surface area contributed by atoms with Gasteiger partial charge in [-0.1, -0.05) is 13.0 Å². The molecule has 4 heteroatoms. The van der Waals surface area contributed by atoms with E-state index in [-0.39, 0.29) is 0 Å². The molecule has 0 saturated carbocycles. The summed E-state index contributed by atoms with van der Waals surface area (Å²) in [6.45, 7) is 4.60. The van der Waals surface area contributed by atoms with E-state index in [2.05, 4.69) is 18.0 Å². The Bertz CT molecular complexity index is 277. The molecule has 1 N–H and O–H groups in total. The molecule has 0 aromatic carbocycles. The second-order valence-corrected chi connectivity index (χ2v) is 4.31. The molecule has 0 amide bonds. The van der Waals surface area contributed by atoms with Crippen molar-refractivity contribution in [3.05, 3.63) is 11.6 Å². The zero-order chi connectivity index (χ0) is 12.7. The summed E-state index contributed by atoms with van der Waals surface area (Å²) in [6.07, 6.45) is 7.44. The van der Waals surface area contributed by atoms with Gasteiger partial charge in [-0.15, -0.1) is 0 Å². The maximum absolute atomic E-state index is 10.1. The van der Waals surface area contributed by atoms with Gasteiger partial charge in [0.25, 0.3) is 0 Å². The number of aliphatic hydroxyl groups excluding tert-OH is 1. The number of aliphatic imine (C=N–C) groups is 1. The molecule has 0 aromatic rings. The number of likely N-dealkylation sites (N-methyl/N-ethyl adjacent to an activating group) is 1. The van der Waals surface area contributed by atoms with Crippen LogP contribution in [0.5, 0.6) is 0 Å². The van der Waals surface area contributed by atoms with Gasteiger partial charge in [-0.25, -0.2) is 0 Å². The Labute approximate surface area is 104 Å². The van der Waals surface area contributed by atoms with Gasteiger partial charge in [0.1, 0.15) is 0 Å². The fraction of sp³-hybridized carbons (Fsp3) is 0.769. The Morgan fingerprint density at radius 2 is 2.35 bits per heavy atom. The lowest BCUT2D eigenvalue weighted by Crippen LogP contribution is -2.34. The summed E-state index contributed by atoms with van der Waals surface area (Å²) >= 11 is 0. The van der Waals surface area contributed by atoms with Crippen LogP contribution in [0, 0.1) is 0 Å². The van der Waals surface area contributed by atoms with Gasteiger partial charge in [0.15, 0.2) is 6.23 Å². The molecule has 0 spiro atoms. The van der Waals surface area contributed by atoms with E-state index in [4.69, 9.17) is 4.84 Å². The van der Waals surface area contributed by atoms with Crippen LogP contribution in [0.3, 0.4) is 0 Å². The zero-order valence-corrected chi connectivity index (χ0v) is 11.1. The molecule has 1 aliphatic heterocycles. The predicted octanol–water partition coefficient (Wildman–Crippen LogP) is 2.15. The van der Waals surface area contributed by atoms with Crippen LogP contribution in [-0.2, 0) is 4.84 Å². The minimum Gasteiger partial charge on any atom is -0.372 e. The summed E-state index contributed by atoms with van der Waals surface area (Å²) in [5, 5.41) is 11.6. The minimum absolute atomic E-state index is 0.392. The third-order valence-corrected chi connectivity index (χ3v) is 3.00. The first kappa shape index (κ1) is 14.4. The van der Waals surface area contributed by atoms with E-state index in [1.807, 2.05) is 6.92 Å². The number of nitrogens with zero attached hydrogens (tertiary/aromatic N) is 2. The highest BCUT2D eigenvalue weighted by molar-refractivity contribution is 5.79. The molecule has 1 rings (SSSR count). The largest absolute Gasteiger partial charge is 0.372 e. The second-order valence-electron chi connectivity index (χ2n) is 4.31. The molecule has 2 atom stereocenters. The number of allylic oxidation sites excluding steroid dienone is 1. The normalized spacial score (nSPS) is 23.1. The predicted molar refractivity (Wildman–Crippen MR) is 69.9 cm³/mol. The summed E-state index contributed by atoms with van der Waals surface area (Å²) in [7, 11) is 1.74. The summed E-state index contributed by atoms with van der Waals surface area (Å²) in [4.78, 5) is 9.77. The monoisotopic (exact) mass is 240 g/mol. The molecule has 0 aliphatic carbocycles. The molecule has 1 aliphatic rings. The molecule has 0 aromatic heterocycles. The molecule has 17 heavy (non-hydrogen) atoms. The summed E-state index contributed by atoms with van der Waals surface area (Å²) < 4.78 is 0. The van der Waals surface area contributed by atoms with Gasteiger partial charge in [0.05, 0.1) is 6.61 Å². The molecule has 98 valence electrons. The van der Waals surface area contributed by atoms with E-state index in [1.54, 1.807) is 13.3 Å². The third kappa shape index (κ3) is 4.58. The van der Waals surface area contributed by atoms with Crippen molar-refractivity contribution in [1.29, 1.82) is 0 Å². The highest BCUT2D eigenvalue weighted by Crippen LogP contribution is 2.15. The molecule has 0 saturated heterocycles. The minimum atomic E-state index is -0.727. The maximum Gasteiger partial charge on any atom is 0.156 e. The quantitative estimate of drug-likeness (QED) is 0.591. The van der Waals surface area contributed by atoms with Crippen LogP contribution in [0.2, 0.25) is 0 Å². The number of rotatable bonds is 5. The van der Waals surface area contributed by atoms with Crippen molar-refractivity contribution < 1.29 is 9.94 Å². The van der Waals surface area contributed by atoms with Crippen LogP contribution >= 0.6 is 0 Å². The van der Waals surface area contributed by atoms with E-state index < -0.39 is 6.23 Å². The fourth-order valence-electron chi connectivity index (χ4n) is 1.91.